The second kappa shape index (κ2) is 8.58. The van der Waals surface area contributed by atoms with Crippen LogP contribution in [0.4, 0.5) is 5.69 Å². The van der Waals surface area contributed by atoms with Gasteiger partial charge in [0.25, 0.3) is 0 Å². The number of nitrogens with one attached hydrogen (secondary N) is 1. The van der Waals surface area contributed by atoms with Crippen molar-refractivity contribution in [1.29, 1.82) is 0 Å². The second-order valence-corrected chi connectivity index (χ2v) is 6.54. The fourth-order valence-electron chi connectivity index (χ4n) is 3.09. The number of ether oxygens (including phenoxy) is 2. The van der Waals surface area contributed by atoms with E-state index in [9.17, 15) is 4.79 Å². The Morgan fingerprint density at radius 1 is 1.03 bits per heavy atom. The molecule has 6 nitrogen and oxygen atoms in total. The average molecular weight is 387 g/mol. The molecule has 4 rings (SSSR count). The van der Waals surface area contributed by atoms with E-state index in [1.807, 2.05) is 77.4 Å². The van der Waals surface area contributed by atoms with Crippen molar-refractivity contribution in [1.82, 2.24) is 9.55 Å². The Labute approximate surface area is 168 Å². The van der Waals surface area contributed by atoms with Gasteiger partial charge < -0.3 is 14.8 Å². The molecular formula is C23H21N3O3. The van der Waals surface area contributed by atoms with Crippen LogP contribution in [0.25, 0.3) is 16.7 Å². The second-order valence-electron chi connectivity index (χ2n) is 6.54. The summed E-state index contributed by atoms with van der Waals surface area (Å²) in [7, 11) is 1.62. The van der Waals surface area contributed by atoms with Crippen molar-refractivity contribution < 1.29 is 14.3 Å². The third-order valence-electron chi connectivity index (χ3n) is 4.52. The summed E-state index contributed by atoms with van der Waals surface area (Å²) in [6.45, 7) is 0.322. The zero-order valence-electron chi connectivity index (χ0n) is 16.0. The molecule has 1 aromatic heterocycles. The summed E-state index contributed by atoms with van der Waals surface area (Å²) in [5.74, 6) is 0.565. The third-order valence-corrected chi connectivity index (χ3v) is 4.52. The molecule has 0 aliphatic heterocycles. The molecule has 0 aliphatic carbocycles. The van der Waals surface area contributed by atoms with Crippen molar-refractivity contribution in [2.45, 2.75) is 6.61 Å². The maximum absolute atomic E-state index is 12.1. The summed E-state index contributed by atoms with van der Waals surface area (Å²) in [4.78, 5) is 16.5. The molecule has 3 aromatic carbocycles. The number of aromatic nitrogens is 2. The molecule has 0 atom stereocenters. The van der Waals surface area contributed by atoms with Crippen LogP contribution in [0, 0.1) is 0 Å². The van der Waals surface area contributed by atoms with Crippen LogP contribution in [0.15, 0.2) is 79.1 Å². The minimum Gasteiger partial charge on any atom is -0.497 e. The number of nitrogens with zero attached hydrogens (tertiary/aromatic N) is 2. The first-order valence-corrected chi connectivity index (χ1v) is 9.26. The lowest BCUT2D eigenvalue weighted by atomic mass is 10.2. The number of anilines is 1. The number of benzene rings is 3. The molecule has 146 valence electrons. The number of hydrogen-bond acceptors (Lipinski definition) is 4. The fourth-order valence-corrected chi connectivity index (χ4v) is 3.09. The standard InChI is InChI=1S/C23H21N3O3/c1-28-20-6-4-5-17(13-20)14-29-15-23(27)25-18-9-11-19(12-10-18)26-16-24-21-7-2-3-8-22(21)26/h2-13,16H,14-15H2,1H3,(H,25,27). The van der Waals surface area contributed by atoms with Crippen molar-refractivity contribution in [2.75, 3.05) is 19.0 Å². The van der Waals surface area contributed by atoms with Crippen molar-refractivity contribution in [3.63, 3.8) is 0 Å². The van der Waals surface area contributed by atoms with Gasteiger partial charge in [-0.1, -0.05) is 24.3 Å². The normalized spacial score (nSPS) is 10.8. The maximum Gasteiger partial charge on any atom is 0.250 e. The van der Waals surface area contributed by atoms with Gasteiger partial charge in [-0.05, 0) is 54.1 Å². The van der Waals surface area contributed by atoms with Crippen LogP contribution in [-0.2, 0) is 16.1 Å². The highest BCUT2D eigenvalue weighted by molar-refractivity contribution is 5.91. The van der Waals surface area contributed by atoms with Crippen LogP contribution in [0.1, 0.15) is 5.56 Å². The van der Waals surface area contributed by atoms with Gasteiger partial charge in [0.15, 0.2) is 0 Å². The maximum atomic E-state index is 12.1. The summed E-state index contributed by atoms with van der Waals surface area (Å²) >= 11 is 0. The zero-order chi connectivity index (χ0) is 20.1. The number of methoxy groups -OCH3 is 1. The minimum atomic E-state index is -0.200. The van der Waals surface area contributed by atoms with Crippen molar-refractivity contribution in [3.8, 4) is 11.4 Å². The Hall–Kier alpha value is -3.64. The van der Waals surface area contributed by atoms with Crippen molar-refractivity contribution >= 4 is 22.6 Å². The number of rotatable bonds is 7. The molecule has 1 heterocycles. The summed E-state index contributed by atoms with van der Waals surface area (Å²) in [5, 5.41) is 2.85. The minimum absolute atomic E-state index is 0.0227. The Morgan fingerprint density at radius 3 is 2.69 bits per heavy atom. The van der Waals surface area contributed by atoms with Crippen LogP contribution in [0.3, 0.4) is 0 Å². The van der Waals surface area contributed by atoms with Crippen LogP contribution in [0.5, 0.6) is 5.75 Å². The van der Waals surface area contributed by atoms with E-state index in [1.165, 1.54) is 0 Å². The lowest BCUT2D eigenvalue weighted by Gasteiger charge is -2.09. The van der Waals surface area contributed by atoms with Crippen LogP contribution < -0.4 is 10.1 Å². The molecule has 4 aromatic rings. The molecule has 6 heteroatoms. The van der Waals surface area contributed by atoms with Crippen LogP contribution in [-0.4, -0.2) is 29.2 Å². The van der Waals surface area contributed by atoms with Gasteiger partial charge in [0.2, 0.25) is 5.91 Å². The highest BCUT2D eigenvalue weighted by Crippen LogP contribution is 2.19. The first-order valence-electron chi connectivity index (χ1n) is 9.26. The quantitative estimate of drug-likeness (QED) is 0.516. The Bertz CT molecular complexity index is 1120. The van der Waals surface area contributed by atoms with Crippen molar-refractivity contribution in [3.05, 3.63) is 84.7 Å². The summed E-state index contributed by atoms with van der Waals surface area (Å²) < 4.78 is 12.7. The van der Waals surface area contributed by atoms with E-state index < -0.39 is 0 Å². The fraction of sp³-hybridized carbons (Fsp3) is 0.130. The molecule has 1 amide bonds. The van der Waals surface area contributed by atoms with E-state index in [2.05, 4.69) is 10.3 Å². The van der Waals surface area contributed by atoms with Gasteiger partial charge in [-0.25, -0.2) is 4.98 Å². The summed E-state index contributed by atoms with van der Waals surface area (Å²) in [5.41, 5.74) is 4.63. The lowest BCUT2D eigenvalue weighted by molar-refractivity contribution is -0.121. The Kier molecular flexibility index (Phi) is 5.54. The van der Waals surface area contributed by atoms with E-state index in [0.717, 1.165) is 28.0 Å². The van der Waals surface area contributed by atoms with Gasteiger partial charge in [-0.3, -0.25) is 9.36 Å². The number of amides is 1. The number of carbonyl (C=O) groups excluding carboxylic acids is 1. The molecule has 29 heavy (non-hydrogen) atoms. The largest absolute Gasteiger partial charge is 0.497 e. The van der Waals surface area contributed by atoms with E-state index >= 15 is 0 Å². The van der Waals surface area contributed by atoms with E-state index in [4.69, 9.17) is 9.47 Å². The van der Waals surface area contributed by atoms with Gasteiger partial charge in [0.1, 0.15) is 18.7 Å². The predicted molar refractivity (Wildman–Crippen MR) is 112 cm³/mol. The molecule has 0 bridgehead atoms. The molecule has 0 spiro atoms. The summed E-state index contributed by atoms with van der Waals surface area (Å²) in [6.07, 6.45) is 1.80. The van der Waals surface area contributed by atoms with Gasteiger partial charge >= 0.3 is 0 Å². The first-order chi connectivity index (χ1) is 14.2. The molecule has 1 N–H and O–H groups in total. The zero-order valence-corrected chi connectivity index (χ0v) is 16.0. The first kappa shape index (κ1) is 18.7. The predicted octanol–water partition coefficient (Wildman–Crippen LogP) is 4.19. The number of para-hydroxylation sites is 2. The lowest BCUT2D eigenvalue weighted by Crippen LogP contribution is -2.18. The molecule has 0 fully saturated rings. The van der Waals surface area contributed by atoms with Gasteiger partial charge in [-0.2, -0.15) is 0 Å². The van der Waals surface area contributed by atoms with E-state index in [-0.39, 0.29) is 12.5 Å². The van der Waals surface area contributed by atoms with Gasteiger partial charge in [0.05, 0.1) is 24.8 Å². The van der Waals surface area contributed by atoms with Gasteiger partial charge in [-0.15, -0.1) is 0 Å². The van der Waals surface area contributed by atoms with Gasteiger partial charge in [0, 0.05) is 11.4 Å². The Morgan fingerprint density at radius 2 is 1.86 bits per heavy atom. The molecule has 0 radical (unpaired) electrons. The van der Waals surface area contributed by atoms with E-state index in [0.29, 0.717) is 12.3 Å². The third kappa shape index (κ3) is 4.44. The monoisotopic (exact) mass is 387 g/mol. The average Bonchev–Trinajstić information content (AvgIpc) is 3.19. The molecule has 0 unspecified atom stereocenters. The number of hydrogen-bond donors (Lipinski definition) is 1. The molecule has 0 saturated heterocycles. The highest BCUT2D eigenvalue weighted by Gasteiger charge is 2.06. The molecule has 0 saturated carbocycles. The number of fused-ring (bicyclic) bond motifs is 1. The van der Waals surface area contributed by atoms with Crippen LogP contribution >= 0.6 is 0 Å². The Balaban J connectivity index is 1.33. The topological polar surface area (TPSA) is 65.4 Å². The van der Waals surface area contributed by atoms with Crippen LogP contribution in [0.2, 0.25) is 0 Å². The van der Waals surface area contributed by atoms with E-state index in [1.54, 1.807) is 13.4 Å². The number of carbonyl (C=O) groups is 1. The number of imidazole rings is 1. The van der Waals surface area contributed by atoms with Crippen molar-refractivity contribution in [2.24, 2.45) is 0 Å². The highest BCUT2D eigenvalue weighted by atomic mass is 16.5. The summed E-state index contributed by atoms with van der Waals surface area (Å²) in [6, 6.07) is 23.2. The molecule has 0 aliphatic rings. The SMILES string of the molecule is COc1cccc(COCC(=O)Nc2ccc(-n3cnc4ccccc43)cc2)c1. The smallest absolute Gasteiger partial charge is 0.250 e. The molecular weight excluding hydrogens is 366 g/mol.